The van der Waals surface area contributed by atoms with Crippen LogP contribution < -0.4 is 4.74 Å². The van der Waals surface area contributed by atoms with Crippen molar-refractivity contribution in [1.29, 1.82) is 0 Å². The van der Waals surface area contributed by atoms with E-state index in [1.54, 1.807) is 6.92 Å². The minimum Gasteiger partial charge on any atom is -0.508 e. The lowest BCUT2D eigenvalue weighted by atomic mass is 9.69. The molecule has 2 aliphatic rings. The standard InChI is InChI=1S/C28H42O5/c1-7-9-10-11-14-27(3,4)18-15-23(30)25-19-17-20(26(31)32-8-2)22(29)13-12-21(19)28(5,6)33-24(25)16-18/h15-16,19-21,30H,7-14,17H2,1-6H3/t19-,20+,21-/m1/s1. The lowest BCUT2D eigenvalue weighted by molar-refractivity contribution is -0.151. The van der Waals surface area contributed by atoms with Gasteiger partial charge >= 0.3 is 5.97 Å². The molecule has 0 saturated heterocycles. The van der Waals surface area contributed by atoms with Crippen LogP contribution in [0.3, 0.4) is 0 Å². The maximum Gasteiger partial charge on any atom is 0.316 e. The maximum atomic E-state index is 12.8. The summed E-state index contributed by atoms with van der Waals surface area (Å²) in [4.78, 5) is 25.4. The summed E-state index contributed by atoms with van der Waals surface area (Å²) in [5.41, 5.74) is 1.22. The van der Waals surface area contributed by atoms with E-state index in [9.17, 15) is 14.7 Å². The zero-order valence-electron chi connectivity index (χ0n) is 21.3. The first kappa shape index (κ1) is 25.6. The van der Waals surface area contributed by atoms with Gasteiger partial charge in [0.15, 0.2) is 0 Å². The number of phenolic OH excluding ortho intramolecular Hbond substituents is 1. The molecule has 0 spiro atoms. The third-order valence-corrected chi connectivity index (χ3v) is 7.83. The molecule has 1 aromatic carbocycles. The molecule has 1 saturated carbocycles. The minimum absolute atomic E-state index is 0.0344. The Balaban J connectivity index is 1.98. The number of rotatable bonds is 8. The third-order valence-electron chi connectivity index (χ3n) is 7.83. The lowest BCUT2D eigenvalue weighted by Gasteiger charge is -2.45. The van der Waals surface area contributed by atoms with Crippen molar-refractivity contribution in [3.8, 4) is 11.5 Å². The molecule has 5 heteroatoms. The number of aromatic hydroxyl groups is 1. The first-order chi connectivity index (χ1) is 15.5. The van der Waals surface area contributed by atoms with Gasteiger partial charge in [-0.15, -0.1) is 0 Å². The van der Waals surface area contributed by atoms with Crippen molar-refractivity contribution in [2.75, 3.05) is 6.61 Å². The van der Waals surface area contributed by atoms with Crippen molar-refractivity contribution in [3.63, 3.8) is 0 Å². The summed E-state index contributed by atoms with van der Waals surface area (Å²) in [7, 11) is 0. The Hall–Kier alpha value is -2.04. The van der Waals surface area contributed by atoms with Gasteiger partial charge in [-0.3, -0.25) is 9.59 Å². The SMILES string of the molecule is CCCCCCC(C)(C)c1cc(O)c2c(c1)OC(C)(C)[C@@H]1CCC(=O)[C@@H](C(=O)OCC)C[C@@H]21. The quantitative estimate of drug-likeness (QED) is 0.275. The fraction of sp³-hybridized carbons (Fsp3) is 0.714. The van der Waals surface area contributed by atoms with E-state index in [0.29, 0.717) is 25.0 Å². The topological polar surface area (TPSA) is 72.8 Å². The number of ketones is 1. The van der Waals surface area contributed by atoms with Gasteiger partial charge in [0.2, 0.25) is 0 Å². The van der Waals surface area contributed by atoms with E-state index in [1.165, 1.54) is 19.3 Å². The zero-order valence-corrected chi connectivity index (χ0v) is 21.3. The molecule has 3 rings (SSSR count). The molecule has 0 unspecified atom stereocenters. The predicted molar refractivity (Wildman–Crippen MR) is 130 cm³/mol. The summed E-state index contributed by atoms with van der Waals surface area (Å²) in [6, 6.07) is 3.96. The largest absolute Gasteiger partial charge is 0.508 e. The molecule has 184 valence electrons. The Labute approximate surface area is 199 Å². The van der Waals surface area contributed by atoms with Crippen LogP contribution in [-0.2, 0) is 19.7 Å². The van der Waals surface area contributed by atoms with Gasteiger partial charge in [-0.1, -0.05) is 46.5 Å². The van der Waals surface area contributed by atoms with Crippen LogP contribution in [0.1, 0.15) is 110 Å². The van der Waals surface area contributed by atoms with E-state index in [1.807, 2.05) is 6.07 Å². The normalized spacial score (nSPS) is 24.3. The lowest BCUT2D eigenvalue weighted by Crippen LogP contribution is -2.44. The average Bonchev–Trinajstić information content (AvgIpc) is 2.90. The molecule has 0 radical (unpaired) electrons. The van der Waals surface area contributed by atoms with E-state index in [4.69, 9.17) is 9.47 Å². The molecule has 0 bridgehead atoms. The summed E-state index contributed by atoms with van der Waals surface area (Å²) in [6.45, 7) is 12.8. The van der Waals surface area contributed by atoms with Gasteiger partial charge in [0, 0.05) is 17.9 Å². The Kier molecular flexibility index (Phi) is 7.80. The number of hydrogen-bond donors (Lipinski definition) is 1. The predicted octanol–water partition coefficient (Wildman–Crippen LogP) is 6.44. The molecule has 1 aromatic rings. The van der Waals surface area contributed by atoms with Crippen LogP contribution in [0.2, 0.25) is 0 Å². The number of ether oxygens (including phenoxy) is 2. The highest BCUT2D eigenvalue weighted by Crippen LogP contribution is 2.55. The number of unbranched alkanes of at least 4 members (excludes halogenated alkanes) is 3. The molecule has 1 N–H and O–H groups in total. The van der Waals surface area contributed by atoms with Gasteiger partial charge in [0.25, 0.3) is 0 Å². The molecule has 0 aromatic heterocycles. The van der Waals surface area contributed by atoms with Crippen molar-refractivity contribution in [3.05, 3.63) is 23.3 Å². The van der Waals surface area contributed by atoms with Crippen molar-refractivity contribution < 1.29 is 24.2 Å². The smallest absolute Gasteiger partial charge is 0.316 e. The molecule has 1 aliphatic heterocycles. The first-order valence-electron chi connectivity index (χ1n) is 12.8. The first-order valence-corrected chi connectivity index (χ1v) is 12.8. The Bertz CT molecular complexity index is 869. The molecule has 0 amide bonds. The summed E-state index contributed by atoms with van der Waals surface area (Å²) in [5.74, 6) is -0.487. The van der Waals surface area contributed by atoms with Gasteiger partial charge in [0.05, 0.1) is 6.61 Å². The number of carbonyl (C=O) groups excluding carboxylic acids is 2. The van der Waals surface area contributed by atoms with Gasteiger partial charge in [0.1, 0.15) is 28.8 Å². The Morgan fingerprint density at radius 2 is 1.94 bits per heavy atom. The zero-order chi connectivity index (χ0) is 24.4. The van der Waals surface area contributed by atoms with E-state index in [-0.39, 0.29) is 35.4 Å². The molecule has 5 nitrogen and oxygen atoms in total. The van der Waals surface area contributed by atoms with Gasteiger partial charge < -0.3 is 14.6 Å². The number of phenols is 1. The van der Waals surface area contributed by atoms with Gasteiger partial charge in [-0.25, -0.2) is 0 Å². The monoisotopic (exact) mass is 458 g/mol. The second-order valence-corrected chi connectivity index (χ2v) is 11.1. The van der Waals surface area contributed by atoms with Crippen LogP contribution in [0.15, 0.2) is 12.1 Å². The second kappa shape index (κ2) is 10.1. The molecule has 1 heterocycles. The molecular weight excluding hydrogens is 416 g/mol. The Morgan fingerprint density at radius 3 is 2.61 bits per heavy atom. The van der Waals surface area contributed by atoms with Crippen molar-refractivity contribution in [2.45, 2.75) is 110 Å². The maximum absolute atomic E-state index is 12.8. The van der Waals surface area contributed by atoms with Crippen LogP contribution in [0.4, 0.5) is 0 Å². The fourth-order valence-electron chi connectivity index (χ4n) is 5.80. The number of Topliss-reactive ketones (excluding diaryl/α,β-unsaturated/α-hetero) is 1. The summed E-state index contributed by atoms with van der Waals surface area (Å²) >= 11 is 0. The summed E-state index contributed by atoms with van der Waals surface area (Å²) in [5, 5.41) is 11.2. The summed E-state index contributed by atoms with van der Waals surface area (Å²) in [6.07, 6.45) is 7.18. The molecule has 3 atom stereocenters. The highest BCUT2D eigenvalue weighted by Gasteiger charge is 2.49. The molecule has 1 aliphatic carbocycles. The van der Waals surface area contributed by atoms with Crippen LogP contribution in [0.5, 0.6) is 11.5 Å². The second-order valence-electron chi connectivity index (χ2n) is 11.1. The van der Waals surface area contributed by atoms with E-state index in [2.05, 4.69) is 40.7 Å². The molecule has 33 heavy (non-hydrogen) atoms. The van der Waals surface area contributed by atoms with E-state index < -0.39 is 17.5 Å². The average molecular weight is 459 g/mol. The van der Waals surface area contributed by atoms with Crippen molar-refractivity contribution in [2.24, 2.45) is 11.8 Å². The van der Waals surface area contributed by atoms with Crippen LogP contribution in [0.25, 0.3) is 0 Å². The minimum atomic E-state index is -0.782. The Morgan fingerprint density at radius 1 is 1.21 bits per heavy atom. The number of carbonyl (C=O) groups is 2. The summed E-state index contributed by atoms with van der Waals surface area (Å²) < 4.78 is 11.7. The van der Waals surface area contributed by atoms with Crippen LogP contribution in [0, 0.1) is 11.8 Å². The number of fused-ring (bicyclic) bond motifs is 3. The van der Waals surface area contributed by atoms with E-state index in [0.717, 1.165) is 24.0 Å². The van der Waals surface area contributed by atoms with Gasteiger partial charge in [-0.05, 0) is 69.1 Å². The highest BCUT2D eigenvalue weighted by molar-refractivity contribution is 5.99. The van der Waals surface area contributed by atoms with E-state index >= 15 is 0 Å². The number of hydrogen-bond acceptors (Lipinski definition) is 5. The number of esters is 1. The molecule has 1 fully saturated rings. The highest BCUT2D eigenvalue weighted by atomic mass is 16.5. The van der Waals surface area contributed by atoms with Gasteiger partial charge in [-0.2, -0.15) is 0 Å². The van der Waals surface area contributed by atoms with Crippen LogP contribution in [-0.4, -0.2) is 29.1 Å². The van der Waals surface area contributed by atoms with Crippen molar-refractivity contribution >= 4 is 11.8 Å². The number of benzene rings is 1. The van der Waals surface area contributed by atoms with Crippen molar-refractivity contribution in [1.82, 2.24) is 0 Å². The third kappa shape index (κ3) is 5.38. The molecular formula is C28H42O5. The van der Waals surface area contributed by atoms with Crippen LogP contribution >= 0.6 is 0 Å². The fourth-order valence-corrected chi connectivity index (χ4v) is 5.80.